The maximum atomic E-state index is 12.5. The highest BCUT2D eigenvalue weighted by Gasteiger charge is 2.24. The minimum Gasteiger partial charge on any atom is -0.485 e. The Hall–Kier alpha value is -3.02. The molecule has 29 heavy (non-hydrogen) atoms. The molecule has 154 valence electrons. The third-order valence-electron chi connectivity index (χ3n) is 4.98. The number of amides is 2. The summed E-state index contributed by atoms with van der Waals surface area (Å²) in [7, 11) is 0. The highest BCUT2D eigenvalue weighted by atomic mass is 16.5. The number of likely N-dealkylation sites (tertiary alicyclic amines) is 1. The number of furan rings is 1. The van der Waals surface area contributed by atoms with Crippen LogP contribution >= 0.6 is 0 Å². The third kappa shape index (κ3) is 5.50. The Labute approximate surface area is 171 Å². The molecular weight excluding hydrogens is 368 g/mol. The van der Waals surface area contributed by atoms with E-state index in [2.05, 4.69) is 11.9 Å². The number of ether oxygens (including phenoxy) is 1. The molecule has 6 nitrogen and oxygen atoms in total. The van der Waals surface area contributed by atoms with Gasteiger partial charge in [-0.05, 0) is 56.4 Å². The SMILES string of the molecule is C=CCc1ccccc1OCc1ccc(C(=O)NC(C)C(=O)N2CCCCC2)o1. The van der Waals surface area contributed by atoms with Gasteiger partial charge < -0.3 is 19.4 Å². The Balaban J connectivity index is 1.54. The van der Waals surface area contributed by atoms with Gasteiger partial charge in [-0.15, -0.1) is 6.58 Å². The topological polar surface area (TPSA) is 71.8 Å². The summed E-state index contributed by atoms with van der Waals surface area (Å²) in [5.74, 6) is 1.02. The molecule has 3 rings (SSSR count). The lowest BCUT2D eigenvalue weighted by atomic mass is 10.1. The average molecular weight is 396 g/mol. The van der Waals surface area contributed by atoms with Gasteiger partial charge in [0.1, 0.15) is 24.2 Å². The van der Waals surface area contributed by atoms with Crippen LogP contribution in [-0.4, -0.2) is 35.8 Å². The van der Waals surface area contributed by atoms with Crippen molar-refractivity contribution >= 4 is 11.8 Å². The van der Waals surface area contributed by atoms with Gasteiger partial charge in [-0.1, -0.05) is 24.3 Å². The van der Waals surface area contributed by atoms with Crippen LogP contribution in [0.4, 0.5) is 0 Å². The molecule has 1 aromatic carbocycles. The molecule has 2 amide bonds. The molecule has 1 aliphatic heterocycles. The summed E-state index contributed by atoms with van der Waals surface area (Å²) in [6.07, 6.45) is 5.72. The van der Waals surface area contributed by atoms with Crippen molar-refractivity contribution < 1.29 is 18.7 Å². The average Bonchev–Trinajstić information content (AvgIpc) is 3.22. The molecule has 2 aromatic rings. The summed E-state index contributed by atoms with van der Waals surface area (Å²) < 4.78 is 11.4. The van der Waals surface area contributed by atoms with E-state index in [1.54, 1.807) is 19.1 Å². The van der Waals surface area contributed by atoms with Crippen molar-refractivity contribution in [3.8, 4) is 5.75 Å². The van der Waals surface area contributed by atoms with Crippen molar-refractivity contribution in [2.24, 2.45) is 0 Å². The zero-order valence-electron chi connectivity index (χ0n) is 16.9. The van der Waals surface area contributed by atoms with Gasteiger partial charge in [-0.2, -0.15) is 0 Å². The number of carbonyl (C=O) groups is 2. The van der Waals surface area contributed by atoms with Gasteiger partial charge in [0, 0.05) is 13.1 Å². The van der Waals surface area contributed by atoms with E-state index in [9.17, 15) is 9.59 Å². The molecule has 1 fully saturated rings. The van der Waals surface area contributed by atoms with Gasteiger partial charge in [0.25, 0.3) is 5.91 Å². The summed E-state index contributed by atoms with van der Waals surface area (Å²) in [4.78, 5) is 26.7. The van der Waals surface area contributed by atoms with E-state index in [0.29, 0.717) is 12.2 Å². The standard InChI is InChI=1S/C23H28N2O4/c1-3-9-18-10-5-6-11-20(18)28-16-19-12-13-21(29-19)22(26)24-17(2)23(27)25-14-7-4-8-15-25/h3,5-6,10-13,17H,1,4,7-9,14-16H2,2H3,(H,24,26). The first-order chi connectivity index (χ1) is 14.1. The van der Waals surface area contributed by atoms with Crippen LogP contribution in [0.1, 0.15) is 48.1 Å². The number of benzene rings is 1. The highest BCUT2D eigenvalue weighted by molar-refractivity contribution is 5.95. The van der Waals surface area contributed by atoms with Crippen LogP contribution in [0.3, 0.4) is 0 Å². The Bertz CT molecular complexity index is 852. The fourth-order valence-electron chi connectivity index (χ4n) is 3.41. The van der Waals surface area contributed by atoms with E-state index >= 15 is 0 Å². The molecule has 0 bridgehead atoms. The number of rotatable bonds is 8. The van der Waals surface area contributed by atoms with Gasteiger partial charge in [0.15, 0.2) is 5.76 Å². The summed E-state index contributed by atoms with van der Waals surface area (Å²) in [6.45, 7) is 7.19. The molecule has 0 saturated carbocycles. The number of nitrogens with zero attached hydrogens (tertiary/aromatic N) is 1. The molecule has 1 unspecified atom stereocenters. The molecule has 1 aliphatic rings. The van der Waals surface area contributed by atoms with E-state index in [1.807, 2.05) is 35.2 Å². The summed E-state index contributed by atoms with van der Waals surface area (Å²) in [5, 5.41) is 2.73. The molecule has 2 heterocycles. The summed E-state index contributed by atoms with van der Waals surface area (Å²) >= 11 is 0. The predicted molar refractivity (Wildman–Crippen MR) is 111 cm³/mol. The molecule has 1 saturated heterocycles. The van der Waals surface area contributed by atoms with Gasteiger partial charge in [0.2, 0.25) is 5.91 Å². The van der Waals surface area contributed by atoms with Crippen molar-refractivity contribution in [2.45, 2.75) is 45.3 Å². The molecule has 1 atom stereocenters. The lowest BCUT2D eigenvalue weighted by Crippen LogP contribution is -2.48. The molecule has 6 heteroatoms. The van der Waals surface area contributed by atoms with E-state index < -0.39 is 11.9 Å². The van der Waals surface area contributed by atoms with Gasteiger partial charge >= 0.3 is 0 Å². The zero-order chi connectivity index (χ0) is 20.6. The van der Waals surface area contributed by atoms with Crippen molar-refractivity contribution in [1.29, 1.82) is 0 Å². The zero-order valence-corrected chi connectivity index (χ0v) is 16.9. The quantitative estimate of drug-likeness (QED) is 0.691. The number of carbonyl (C=O) groups excluding carboxylic acids is 2. The van der Waals surface area contributed by atoms with Crippen LogP contribution in [0, 0.1) is 0 Å². The lowest BCUT2D eigenvalue weighted by Gasteiger charge is -2.29. The van der Waals surface area contributed by atoms with E-state index in [0.717, 1.165) is 43.7 Å². The molecule has 1 aromatic heterocycles. The number of hydrogen-bond donors (Lipinski definition) is 1. The van der Waals surface area contributed by atoms with Crippen molar-refractivity contribution in [1.82, 2.24) is 10.2 Å². The maximum Gasteiger partial charge on any atom is 0.287 e. The Morgan fingerprint density at radius 3 is 2.72 bits per heavy atom. The van der Waals surface area contributed by atoms with Crippen molar-refractivity contribution in [2.75, 3.05) is 13.1 Å². The highest BCUT2D eigenvalue weighted by Crippen LogP contribution is 2.21. The Kier molecular flexibility index (Phi) is 7.11. The first kappa shape index (κ1) is 20.7. The molecule has 0 spiro atoms. The third-order valence-corrected chi connectivity index (χ3v) is 4.98. The lowest BCUT2D eigenvalue weighted by molar-refractivity contribution is -0.133. The molecule has 1 N–H and O–H groups in total. The number of hydrogen-bond acceptors (Lipinski definition) is 4. The number of allylic oxidation sites excluding steroid dienone is 1. The van der Waals surface area contributed by atoms with E-state index in [4.69, 9.17) is 9.15 Å². The van der Waals surface area contributed by atoms with Crippen molar-refractivity contribution in [3.63, 3.8) is 0 Å². The summed E-state index contributed by atoms with van der Waals surface area (Å²) in [5.41, 5.74) is 1.04. The van der Waals surface area contributed by atoms with Gasteiger partial charge in [-0.3, -0.25) is 9.59 Å². The fourth-order valence-corrected chi connectivity index (χ4v) is 3.41. The van der Waals surface area contributed by atoms with E-state index in [1.165, 1.54) is 0 Å². The minimum absolute atomic E-state index is 0.0491. The maximum absolute atomic E-state index is 12.5. The second-order valence-electron chi connectivity index (χ2n) is 7.24. The molecular formula is C23H28N2O4. The Morgan fingerprint density at radius 2 is 1.97 bits per heavy atom. The first-order valence-electron chi connectivity index (χ1n) is 10.1. The van der Waals surface area contributed by atoms with Crippen LogP contribution < -0.4 is 10.1 Å². The first-order valence-corrected chi connectivity index (χ1v) is 10.1. The molecule has 0 aliphatic carbocycles. The van der Waals surface area contributed by atoms with Crippen LogP contribution in [-0.2, 0) is 17.8 Å². The number of piperidine rings is 1. The Morgan fingerprint density at radius 1 is 1.21 bits per heavy atom. The smallest absolute Gasteiger partial charge is 0.287 e. The van der Waals surface area contributed by atoms with E-state index in [-0.39, 0.29) is 18.3 Å². The second-order valence-corrected chi connectivity index (χ2v) is 7.24. The second kappa shape index (κ2) is 9.96. The largest absolute Gasteiger partial charge is 0.485 e. The van der Waals surface area contributed by atoms with Gasteiger partial charge in [0.05, 0.1) is 0 Å². The minimum atomic E-state index is -0.587. The normalized spacial score (nSPS) is 14.9. The van der Waals surface area contributed by atoms with Gasteiger partial charge in [-0.25, -0.2) is 0 Å². The van der Waals surface area contributed by atoms with Crippen LogP contribution in [0.5, 0.6) is 5.75 Å². The van der Waals surface area contributed by atoms with Crippen LogP contribution in [0.25, 0.3) is 0 Å². The number of nitrogens with one attached hydrogen (secondary N) is 1. The number of para-hydroxylation sites is 1. The monoisotopic (exact) mass is 396 g/mol. The summed E-state index contributed by atoms with van der Waals surface area (Å²) in [6, 6.07) is 10.5. The predicted octanol–water partition coefficient (Wildman–Crippen LogP) is 3.72. The van der Waals surface area contributed by atoms with Crippen molar-refractivity contribution in [3.05, 3.63) is 66.1 Å². The van der Waals surface area contributed by atoms with Crippen LogP contribution in [0.15, 0.2) is 53.5 Å². The fraction of sp³-hybridized carbons (Fsp3) is 0.391. The van der Waals surface area contributed by atoms with Crippen LogP contribution in [0.2, 0.25) is 0 Å². The molecule has 0 radical (unpaired) electrons.